The van der Waals surface area contributed by atoms with Gasteiger partial charge >= 0.3 is 5.97 Å². The van der Waals surface area contributed by atoms with Gasteiger partial charge in [-0.2, -0.15) is 0 Å². The number of primary amides is 1. The highest BCUT2D eigenvalue weighted by atomic mass is 16.4. The van der Waals surface area contributed by atoms with E-state index in [0.29, 0.717) is 6.42 Å². The predicted molar refractivity (Wildman–Crippen MR) is 70.7 cm³/mol. The fourth-order valence-electron chi connectivity index (χ4n) is 2.63. The number of carboxylic acids is 1. The number of ketones is 1. The van der Waals surface area contributed by atoms with Gasteiger partial charge in [0.1, 0.15) is 5.41 Å². The molecule has 5 N–H and O–H groups in total. The maximum atomic E-state index is 12.3. The molecular weight excluding hydrogens is 260 g/mol. The predicted octanol–water partition coefficient (Wildman–Crippen LogP) is 0.0167. The molecule has 1 aliphatic carbocycles. The van der Waals surface area contributed by atoms with E-state index in [9.17, 15) is 14.4 Å². The van der Waals surface area contributed by atoms with Crippen LogP contribution >= 0.6 is 0 Å². The van der Waals surface area contributed by atoms with E-state index in [4.69, 9.17) is 16.6 Å². The van der Waals surface area contributed by atoms with E-state index in [2.05, 4.69) is 0 Å². The molecule has 0 heterocycles. The molecule has 1 aromatic rings. The van der Waals surface area contributed by atoms with Crippen molar-refractivity contribution in [3.63, 3.8) is 0 Å². The molecular formula is C14H16N2O4. The first-order valence-corrected chi connectivity index (χ1v) is 6.26. The Morgan fingerprint density at radius 2 is 1.90 bits per heavy atom. The first-order valence-electron chi connectivity index (χ1n) is 6.26. The van der Waals surface area contributed by atoms with Crippen LogP contribution in [0.3, 0.4) is 0 Å². The second-order valence-electron chi connectivity index (χ2n) is 5.07. The Balaban J connectivity index is 2.24. The van der Waals surface area contributed by atoms with E-state index in [1.54, 1.807) is 12.1 Å². The third-order valence-corrected chi connectivity index (χ3v) is 3.77. The van der Waals surface area contributed by atoms with Crippen LogP contribution in [0.25, 0.3) is 0 Å². The number of benzene rings is 1. The summed E-state index contributed by atoms with van der Waals surface area (Å²) in [4.78, 5) is 34.6. The van der Waals surface area contributed by atoms with Gasteiger partial charge in [0, 0.05) is 5.92 Å². The van der Waals surface area contributed by atoms with Gasteiger partial charge in [0.2, 0.25) is 5.91 Å². The van der Waals surface area contributed by atoms with E-state index in [1.807, 2.05) is 18.2 Å². The summed E-state index contributed by atoms with van der Waals surface area (Å²) in [6.45, 7) is 0. The zero-order valence-corrected chi connectivity index (χ0v) is 10.8. The molecule has 1 aromatic carbocycles. The Labute approximate surface area is 115 Å². The number of carbonyl (C=O) groups is 3. The van der Waals surface area contributed by atoms with Crippen molar-refractivity contribution in [3.8, 4) is 0 Å². The van der Waals surface area contributed by atoms with E-state index < -0.39 is 35.5 Å². The molecule has 1 aliphatic rings. The van der Waals surface area contributed by atoms with Crippen molar-refractivity contribution in [1.29, 1.82) is 0 Å². The Kier molecular flexibility index (Phi) is 3.59. The minimum atomic E-state index is -1.35. The van der Waals surface area contributed by atoms with E-state index in [0.717, 1.165) is 5.56 Å². The maximum absolute atomic E-state index is 12.3. The lowest BCUT2D eigenvalue weighted by Gasteiger charge is -2.16. The number of carboxylic acid groups (broad SMARTS) is 1. The van der Waals surface area contributed by atoms with Gasteiger partial charge in [-0.15, -0.1) is 0 Å². The highest BCUT2D eigenvalue weighted by molar-refractivity contribution is 6.12. The van der Waals surface area contributed by atoms with Gasteiger partial charge in [0.15, 0.2) is 5.78 Å². The van der Waals surface area contributed by atoms with Gasteiger partial charge in [0.05, 0.1) is 12.5 Å². The molecule has 0 radical (unpaired) electrons. The summed E-state index contributed by atoms with van der Waals surface area (Å²) in [5.41, 5.74) is 10.4. The second-order valence-corrected chi connectivity index (χ2v) is 5.07. The topological polar surface area (TPSA) is 123 Å². The lowest BCUT2D eigenvalue weighted by Crippen LogP contribution is -2.44. The van der Waals surface area contributed by atoms with Crippen LogP contribution in [-0.2, 0) is 14.4 Å². The van der Waals surface area contributed by atoms with Gasteiger partial charge < -0.3 is 16.6 Å². The minimum absolute atomic E-state index is 0.290. The third-order valence-electron chi connectivity index (χ3n) is 3.77. The zero-order chi connectivity index (χ0) is 14.9. The lowest BCUT2D eigenvalue weighted by atomic mass is 9.88. The van der Waals surface area contributed by atoms with Crippen LogP contribution in [0.5, 0.6) is 0 Å². The van der Waals surface area contributed by atoms with E-state index in [1.165, 1.54) is 0 Å². The Hall–Kier alpha value is -2.21. The maximum Gasteiger partial charge on any atom is 0.305 e. The Morgan fingerprint density at radius 3 is 2.40 bits per heavy atom. The average Bonchev–Trinajstić information content (AvgIpc) is 3.14. The fourth-order valence-corrected chi connectivity index (χ4v) is 2.63. The van der Waals surface area contributed by atoms with Crippen molar-refractivity contribution in [3.05, 3.63) is 35.9 Å². The Bertz CT molecular complexity index is 558. The Morgan fingerprint density at radius 1 is 1.30 bits per heavy atom. The van der Waals surface area contributed by atoms with Crippen molar-refractivity contribution in [2.24, 2.45) is 16.9 Å². The van der Waals surface area contributed by atoms with Crippen LogP contribution in [0.1, 0.15) is 24.3 Å². The van der Waals surface area contributed by atoms with Gasteiger partial charge in [-0.1, -0.05) is 30.3 Å². The van der Waals surface area contributed by atoms with Crippen molar-refractivity contribution in [2.45, 2.75) is 24.8 Å². The number of hydrogen-bond donors (Lipinski definition) is 3. The van der Waals surface area contributed by atoms with Crippen molar-refractivity contribution < 1.29 is 19.5 Å². The molecule has 0 aromatic heterocycles. The van der Waals surface area contributed by atoms with Crippen LogP contribution < -0.4 is 11.5 Å². The molecule has 2 unspecified atom stereocenters. The normalized spacial score (nSPS) is 25.8. The van der Waals surface area contributed by atoms with Crippen molar-refractivity contribution >= 4 is 17.7 Å². The fraction of sp³-hybridized carbons (Fsp3) is 0.357. The van der Waals surface area contributed by atoms with Crippen LogP contribution in [0.4, 0.5) is 0 Å². The number of carbonyl (C=O) groups excluding carboxylic acids is 2. The van der Waals surface area contributed by atoms with Gasteiger partial charge in [-0.25, -0.2) is 0 Å². The molecule has 0 spiro atoms. The highest BCUT2D eigenvalue weighted by Gasteiger charge is 2.65. The van der Waals surface area contributed by atoms with Gasteiger partial charge in [-0.3, -0.25) is 14.4 Å². The van der Waals surface area contributed by atoms with Crippen LogP contribution in [0.15, 0.2) is 30.3 Å². The number of nitrogens with two attached hydrogens (primary N) is 2. The zero-order valence-electron chi connectivity index (χ0n) is 10.8. The number of aliphatic carboxylic acids is 1. The summed E-state index contributed by atoms with van der Waals surface area (Å²) < 4.78 is 0. The molecule has 0 bridgehead atoms. The summed E-state index contributed by atoms with van der Waals surface area (Å²) in [6.07, 6.45) is -0.214. The molecule has 1 saturated carbocycles. The molecule has 6 heteroatoms. The molecule has 106 valence electrons. The summed E-state index contributed by atoms with van der Waals surface area (Å²) in [7, 11) is 0. The van der Waals surface area contributed by atoms with Crippen molar-refractivity contribution in [1.82, 2.24) is 0 Å². The van der Waals surface area contributed by atoms with Gasteiger partial charge in [0.25, 0.3) is 0 Å². The quantitative estimate of drug-likeness (QED) is 0.632. The monoisotopic (exact) mass is 276 g/mol. The highest BCUT2D eigenvalue weighted by Crippen LogP contribution is 2.60. The number of amides is 1. The molecule has 3 atom stereocenters. The first-order chi connectivity index (χ1) is 9.39. The summed E-state index contributed by atoms with van der Waals surface area (Å²) >= 11 is 0. The molecule has 1 amide bonds. The standard InChI is InChI=1S/C14H16N2O4/c15-10(6-11(17)18)12(19)14(13(16)20)7-9(14)8-4-2-1-3-5-8/h1-5,9-10H,6-7,15H2,(H2,16,20)(H,17,18)/t9?,10-,14?/m0/s1. The van der Waals surface area contributed by atoms with Crippen LogP contribution in [-0.4, -0.2) is 28.8 Å². The van der Waals surface area contributed by atoms with Crippen LogP contribution in [0.2, 0.25) is 0 Å². The SMILES string of the molecule is NC(=O)C1(C(=O)[C@@H](N)CC(=O)O)CC1c1ccccc1. The average molecular weight is 276 g/mol. The summed E-state index contributed by atoms with van der Waals surface area (Å²) in [5.74, 6) is -2.81. The molecule has 1 fully saturated rings. The first kappa shape index (κ1) is 14.2. The molecule has 6 nitrogen and oxygen atoms in total. The van der Waals surface area contributed by atoms with Gasteiger partial charge in [-0.05, 0) is 12.0 Å². The number of Topliss-reactive ketones (excluding diaryl/α,β-unsaturated/α-hetero) is 1. The number of hydrogen-bond acceptors (Lipinski definition) is 4. The summed E-state index contributed by atoms with van der Waals surface area (Å²) in [5, 5.41) is 8.69. The lowest BCUT2D eigenvalue weighted by molar-refractivity contribution is -0.142. The van der Waals surface area contributed by atoms with E-state index in [-0.39, 0.29) is 5.92 Å². The van der Waals surface area contributed by atoms with Crippen LogP contribution in [0, 0.1) is 5.41 Å². The third kappa shape index (κ3) is 2.30. The molecule has 0 aliphatic heterocycles. The molecule has 20 heavy (non-hydrogen) atoms. The minimum Gasteiger partial charge on any atom is -0.481 e. The molecule has 2 rings (SSSR count). The van der Waals surface area contributed by atoms with E-state index >= 15 is 0 Å². The number of rotatable bonds is 6. The summed E-state index contributed by atoms with van der Waals surface area (Å²) in [6, 6.07) is 7.85. The van der Waals surface area contributed by atoms with Crippen molar-refractivity contribution in [2.75, 3.05) is 0 Å². The largest absolute Gasteiger partial charge is 0.481 e. The smallest absolute Gasteiger partial charge is 0.305 e. The molecule has 0 saturated heterocycles. The second kappa shape index (κ2) is 5.05.